The Morgan fingerprint density at radius 1 is 0.943 bits per heavy atom. The first-order valence-electron chi connectivity index (χ1n) is 12.1. The maximum atomic E-state index is 11.2. The van der Waals surface area contributed by atoms with Gasteiger partial charge in [-0.1, -0.05) is 30.3 Å². The quantitative estimate of drug-likeness (QED) is 0.343. The van der Waals surface area contributed by atoms with Gasteiger partial charge in [-0.3, -0.25) is 9.88 Å². The van der Waals surface area contributed by atoms with Crippen LogP contribution in [0.2, 0.25) is 0 Å². The molecule has 1 aliphatic heterocycles. The average Bonchev–Trinajstić information content (AvgIpc) is 3.26. The van der Waals surface area contributed by atoms with E-state index in [-0.39, 0.29) is 0 Å². The molecular weight excluding hydrogens is 440 g/mol. The molecule has 35 heavy (non-hydrogen) atoms. The topological polar surface area (TPSA) is 94.5 Å². The largest absolute Gasteiger partial charge is 0.493 e. The SMILES string of the molecule is OC(CCOc1ccc2c(c1)[nH]c1ccccc12)N1CCC(O)(c2cnc3ccccc3n2)CC1. The number of para-hydroxylation sites is 3. The summed E-state index contributed by atoms with van der Waals surface area (Å²) in [7, 11) is 0. The number of fused-ring (bicyclic) bond motifs is 4. The molecule has 3 aromatic carbocycles. The third kappa shape index (κ3) is 4.23. The van der Waals surface area contributed by atoms with Crippen LogP contribution in [0.15, 0.2) is 72.9 Å². The number of hydrogen-bond donors (Lipinski definition) is 3. The van der Waals surface area contributed by atoms with Gasteiger partial charge in [0.1, 0.15) is 17.6 Å². The van der Waals surface area contributed by atoms with E-state index in [0.717, 1.165) is 27.8 Å². The third-order valence-corrected chi connectivity index (χ3v) is 7.09. The summed E-state index contributed by atoms with van der Waals surface area (Å²) in [5.74, 6) is 0.777. The van der Waals surface area contributed by atoms with E-state index in [1.165, 1.54) is 10.8 Å². The summed E-state index contributed by atoms with van der Waals surface area (Å²) in [4.78, 5) is 14.5. The zero-order chi connectivity index (χ0) is 23.8. The lowest BCUT2D eigenvalue weighted by molar-refractivity contribution is -0.0836. The van der Waals surface area contributed by atoms with Crippen molar-refractivity contribution in [3.05, 3.63) is 78.6 Å². The number of piperidine rings is 1. The fourth-order valence-corrected chi connectivity index (χ4v) is 5.02. The lowest BCUT2D eigenvalue weighted by atomic mass is 9.88. The molecule has 1 aliphatic rings. The highest BCUT2D eigenvalue weighted by molar-refractivity contribution is 6.07. The number of hydrogen-bond acceptors (Lipinski definition) is 6. The fraction of sp³-hybridized carbons (Fsp3) is 0.286. The van der Waals surface area contributed by atoms with Crippen LogP contribution in [0, 0.1) is 0 Å². The highest BCUT2D eigenvalue weighted by Crippen LogP contribution is 2.33. The summed E-state index contributed by atoms with van der Waals surface area (Å²) in [6, 6.07) is 22.0. The minimum atomic E-state index is -1.03. The molecule has 3 N–H and O–H groups in total. The van der Waals surface area contributed by atoms with Crippen LogP contribution in [0.3, 0.4) is 0 Å². The maximum Gasteiger partial charge on any atom is 0.121 e. The average molecular weight is 469 g/mol. The molecule has 0 bridgehead atoms. The molecule has 1 saturated heterocycles. The Morgan fingerprint density at radius 2 is 1.69 bits per heavy atom. The fourth-order valence-electron chi connectivity index (χ4n) is 5.02. The van der Waals surface area contributed by atoms with Crippen molar-refractivity contribution >= 4 is 32.8 Å². The Labute approximate surface area is 203 Å². The van der Waals surface area contributed by atoms with Crippen LogP contribution >= 0.6 is 0 Å². The highest BCUT2D eigenvalue weighted by atomic mass is 16.5. The number of aliphatic hydroxyl groups excluding tert-OH is 1. The van der Waals surface area contributed by atoms with E-state index in [2.05, 4.69) is 33.2 Å². The Hall–Kier alpha value is -3.52. The molecule has 7 nitrogen and oxygen atoms in total. The number of nitrogens with one attached hydrogen (secondary N) is 1. The van der Waals surface area contributed by atoms with Gasteiger partial charge in [0, 0.05) is 41.9 Å². The summed E-state index contributed by atoms with van der Waals surface area (Å²) in [5, 5.41) is 24.3. The van der Waals surface area contributed by atoms with Crippen LogP contribution in [0.5, 0.6) is 5.75 Å². The van der Waals surface area contributed by atoms with E-state index >= 15 is 0 Å². The van der Waals surface area contributed by atoms with E-state index in [4.69, 9.17) is 4.74 Å². The molecule has 1 atom stereocenters. The Bertz CT molecular complexity index is 1490. The van der Waals surface area contributed by atoms with E-state index in [1.54, 1.807) is 6.20 Å². The van der Waals surface area contributed by atoms with Crippen LogP contribution < -0.4 is 4.74 Å². The molecule has 0 aliphatic carbocycles. The number of nitrogens with zero attached hydrogens (tertiary/aromatic N) is 3. The molecule has 2 aromatic heterocycles. The number of likely N-dealkylation sites (tertiary alicyclic amines) is 1. The monoisotopic (exact) mass is 468 g/mol. The molecule has 1 unspecified atom stereocenters. The van der Waals surface area contributed by atoms with Gasteiger partial charge in [0.15, 0.2) is 0 Å². The summed E-state index contributed by atoms with van der Waals surface area (Å²) in [6.45, 7) is 1.56. The van der Waals surface area contributed by atoms with Crippen LogP contribution in [0.4, 0.5) is 0 Å². The molecule has 178 valence electrons. The van der Waals surface area contributed by atoms with E-state index in [9.17, 15) is 10.2 Å². The summed E-state index contributed by atoms with van der Waals surface area (Å²) in [5.41, 5.74) is 3.31. The minimum Gasteiger partial charge on any atom is -0.493 e. The molecule has 7 heteroatoms. The molecule has 6 rings (SSSR count). The van der Waals surface area contributed by atoms with Crippen LogP contribution in [0.1, 0.15) is 25.0 Å². The number of benzene rings is 3. The van der Waals surface area contributed by atoms with Crippen LogP contribution in [-0.4, -0.2) is 56.0 Å². The van der Waals surface area contributed by atoms with Crippen molar-refractivity contribution in [2.24, 2.45) is 0 Å². The van der Waals surface area contributed by atoms with E-state index in [0.29, 0.717) is 44.7 Å². The molecular formula is C28H28N4O3. The van der Waals surface area contributed by atoms with Crippen molar-refractivity contribution in [3.8, 4) is 5.75 Å². The molecule has 3 heterocycles. The first-order valence-corrected chi connectivity index (χ1v) is 12.1. The van der Waals surface area contributed by atoms with Gasteiger partial charge >= 0.3 is 0 Å². The van der Waals surface area contributed by atoms with Gasteiger partial charge in [0.2, 0.25) is 0 Å². The van der Waals surface area contributed by atoms with E-state index in [1.807, 2.05) is 53.4 Å². The number of aromatic nitrogens is 3. The first kappa shape index (κ1) is 22.0. The first-order chi connectivity index (χ1) is 17.1. The number of rotatable bonds is 6. The third-order valence-electron chi connectivity index (χ3n) is 7.09. The molecule has 0 saturated carbocycles. The second-order valence-electron chi connectivity index (χ2n) is 9.31. The van der Waals surface area contributed by atoms with Crippen molar-refractivity contribution in [3.63, 3.8) is 0 Å². The predicted octanol–water partition coefficient (Wildman–Crippen LogP) is 4.34. The second kappa shape index (κ2) is 8.92. The van der Waals surface area contributed by atoms with Gasteiger partial charge in [0.05, 0.1) is 35.0 Å². The Morgan fingerprint density at radius 3 is 2.54 bits per heavy atom. The maximum absolute atomic E-state index is 11.2. The zero-order valence-corrected chi connectivity index (χ0v) is 19.4. The van der Waals surface area contributed by atoms with Crippen molar-refractivity contribution in [2.75, 3.05) is 19.7 Å². The van der Waals surface area contributed by atoms with Gasteiger partial charge in [-0.05, 0) is 43.2 Å². The number of aromatic amines is 1. The lowest BCUT2D eigenvalue weighted by Crippen LogP contribution is -2.47. The van der Waals surface area contributed by atoms with Crippen LogP contribution in [-0.2, 0) is 5.60 Å². The zero-order valence-electron chi connectivity index (χ0n) is 19.4. The van der Waals surface area contributed by atoms with Crippen molar-refractivity contribution in [1.29, 1.82) is 0 Å². The summed E-state index contributed by atoms with van der Waals surface area (Å²) < 4.78 is 5.95. The normalized spacial score (nSPS) is 17.2. The van der Waals surface area contributed by atoms with Gasteiger partial charge in [0.25, 0.3) is 0 Å². The van der Waals surface area contributed by atoms with Crippen molar-refractivity contribution in [1.82, 2.24) is 19.9 Å². The number of H-pyrrole nitrogens is 1. The minimum absolute atomic E-state index is 0.407. The lowest BCUT2D eigenvalue weighted by Gasteiger charge is -2.39. The smallest absolute Gasteiger partial charge is 0.121 e. The van der Waals surface area contributed by atoms with E-state index < -0.39 is 11.8 Å². The summed E-state index contributed by atoms with van der Waals surface area (Å²) in [6.07, 6.45) is 2.52. The van der Waals surface area contributed by atoms with Gasteiger partial charge in [-0.15, -0.1) is 0 Å². The number of aliphatic hydroxyl groups is 2. The standard InChI is InChI=1S/C28H28N4O3/c33-27(11-16-35-19-9-10-21-20-5-1-2-6-22(20)30-25(21)17-19)32-14-12-28(34,13-15-32)26-18-29-23-7-3-4-8-24(23)31-26/h1-10,17-18,27,30,33-34H,11-16H2. The number of ether oxygens (including phenoxy) is 1. The van der Waals surface area contributed by atoms with Crippen LogP contribution in [0.25, 0.3) is 32.8 Å². The molecule has 5 aromatic rings. The van der Waals surface area contributed by atoms with Gasteiger partial charge < -0.3 is 19.9 Å². The Balaban J connectivity index is 1.05. The molecule has 0 spiro atoms. The predicted molar refractivity (Wildman–Crippen MR) is 136 cm³/mol. The molecule has 0 amide bonds. The highest BCUT2D eigenvalue weighted by Gasteiger charge is 2.37. The van der Waals surface area contributed by atoms with Gasteiger partial charge in [-0.25, -0.2) is 4.98 Å². The van der Waals surface area contributed by atoms with Crippen molar-refractivity contribution < 1.29 is 14.9 Å². The second-order valence-corrected chi connectivity index (χ2v) is 9.31. The van der Waals surface area contributed by atoms with Gasteiger partial charge in [-0.2, -0.15) is 0 Å². The molecule has 0 radical (unpaired) electrons. The summed E-state index contributed by atoms with van der Waals surface area (Å²) >= 11 is 0. The van der Waals surface area contributed by atoms with Crippen molar-refractivity contribution in [2.45, 2.75) is 31.1 Å². The Kier molecular flexibility index (Phi) is 5.60. The molecule has 1 fully saturated rings.